The van der Waals surface area contributed by atoms with Gasteiger partial charge in [0.05, 0.1) is 11.2 Å². The molecule has 116 valence electrons. The van der Waals surface area contributed by atoms with E-state index in [1.807, 2.05) is 13.0 Å². The molecule has 5 heteroatoms. The zero-order chi connectivity index (χ0) is 16.4. The van der Waals surface area contributed by atoms with E-state index >= 15 is 0 Å². The Hall–Kier alpha value is -2.23. The first-order valence-electron chi connectivity index (χ1n) is 6.92. The van der Waals surface area contributed by atoms with Crippen molar-refractivity contribution in [3.05, 3.63) is 69.9 Å². The van der Waals surface area contributed by atoms with E-state index in [-0.39, 0.29) is 5.75 Å². The van der Waals surface area contributed by atoms with Gasteiger partial charge in [0.15, 0.2) is 0 Å². The van der Waals surface area contributed by atoms with Gasteiger partial charge in [-0.05, 0) is 55.0 Å². The molecule has 0 spiro atoms. The Balaban J connectivity index is 1.87. The van der Waals surface area contributed by atoms with Crippen LogP contribution in [0.25, 0.3) is 11.3 Å². The van der Waals surface area contributed by atoms with Crippen LogP contribution in [-0.4, -0.2) is 11.3 Å². The molecule has 1 heterocycles. The van der Waals surface area contributed by atoms with Gasteiger partial charge >= 0.3 is 0 Å². The Morgan fingerprint density at radius 1 is 1.04 bits per heavy atom. The van der Waals surface area contributed by atoms with Crippen LogP contribution in [0.2, 0.25) is 10.0 Å². The molecular weight excluding hydrogens is 333 g/mol. The van der Waals surface area contributed by atoms with Crippen LogP contribution >= 0.6 is 23.2 Å². The van der Waals surface area contributed by atoms with Gasteiger partial charge in [0.25, 0.3) is 0 Å². The van der Waals surface area contributed by atoms with E-state index < -0.39 is 0 Å². The number of hydrogen-bond donors (Lipinski definition) is 1. The van der Waals surface area contributed by atoms with Crippen molar-refractivity contribution in [2.24, 2.45) is 4.99 Å². The van der Waals surface area contributed by atoms with Crippen LogP contribution in [-0.2, 0) is 0 Å². The number of aliphatic imine (C=N–C) groups is 1. The van der Waals surface area contributed by atoms with E-state index in [4.69, 9.17) is 27.6 Å². The van der Waals surface area contributed by atoms with Gasteiger partial charge in [0, 0.05) is 10.6 Å². The zero-order valence-electron chi connectivity index (χ0n) is 12.3. The number of halogens is 2. The van der Waals surface area contributed by atoms with Crippen molar-refractivity contribution < 1.29 is 9.52 Å². The normalized spacial score (nSPS) is 11.3. The molecule has 23 heavy (non-hydrogen) atoms. The van der Waals surface area contributed by atoms with Crippen molar-refractivity contribution in [2.45, 2.75) is 6.92 Å². The number of aryl methyl sites for hydroxylation is 1. The fourth-order valence-electron chi connectivity index (χ4n) is 2.13. The van der Waals surface area contributed by atoms with Gasteiger partial charge in [-0.25, -0.2) is 4.99 Å². The number of phenols is 1. The predicted octanol–water partition coefficient (Wildman–Crippen LogP) is 6.02. The summed E-state index contributed by atoms with van der Waals surface area (Å²) >= 11 is 12.2. The summed E-state index contributed by atoms with van der Waals surface area (Å²) in [6.45, 7) is 1.90. The molecular formula is C18H13Cl2NO2. The molecule has 3 nitrogen and oxygen atoms in total. The third kappa shape index (κ3) is 3.58. The van der Waals surface area contributed by atoms with Crippen molar-refractivity contribution >= 4 is 35.1 Å². The lowest BCUT2D eigenvalue weighted by Gasteiger charge is -2.01. The topological polar surface area (TPSA) is 45.7 Å². The number of hydrogen-bond acceptors (Lipinski definition) is 3. The van der Waals surface area contributed by atoms with Crippen LogP contribution in [0.15, 0.2) is 57.9 Å². The van der Waals surface area contributed by atoms with Gasteiger partial charge in [-0.15, -0.1) is 0 Å². The van der Waals surface area contributed by atoms with Crippen LogP contribution < -0.4 is 0 Å². The van der Waals surface area contributed by atoms with E-state index in [0.717, 1.165) is 11.1 Å². The van der Waals surface area contributed by atoms with Gasteiger partial charge in [-0.3, -0.25) is 0 Å². The molecule has 0 aliphatic rings. The second-order valence-corrected chi connectivity index (χ2v) is 5.92. The number of rotatable bonds is 3. The third-order valence-corrected chi connectivity index (χ3v) is 3.85. The summed E-state index contributed by atoms with van der Waals surface area (Å²) in [6, 6.07) is 14.1. The van der Waals surface area contributed by atoms with Gasteiger partial charge in [0.1, 0.15) is 23.0 Å². The van der Waals surface area contributed by atoms with Crippen molar-refractivity contribution in [3.63, 3.8) is 0 Å². The van der Waals surface area contributed by atoms with Crippen LogP contribution in [0.1, 0.15) is 11.3 Å². The Labute approximate surface area is 143 Å². The third-order valence-electron chi connectivity index (χ3n) is 3.28. The number of aromatic hydroxyl groups is 1. The number of benzene rings is 2. The summed E-state index contributed by atoms with van der Waals surface area (Å²) in [5.41, 5.74) is 2.17. The van der Waals surface area contributed by atoms with E-state index in [9.17, 15) is 5.11 Å². The molecule has 0 saturated carbocycles. The van der Waals surface area contributed by atoms with Crippen LogP contribution in [0.4, 0.5) is 5.69 Å². The van der Waals surface area contributed by atoms with Crippen LogP contribution in [0, 0.1) is 6.92 Å². The fourth-order valence-corrected chi connectivity index (χ4v) is 2.51. The molecule has 3 rings (SSSR count). The number of furan rings is 1. The molecule has 0 aliphatic heterocycles. The summed E-state index contributed by atoms with van der Waals surface area (Å²) in [5, 5.41) is 11.0. The first-order valence-corrected chi connectivity index (χ1v) is 7.67. The van der Waals surface area contributed by atoms with E-state index in [2.05, 4.69) is 4.99 Å². The minimum absolute atomic E-state index is 0.130. The van der Waals surface area contributed by atoms with Crippen molar-refractivity contribution in [1.82, 2.24) is 0 Å². The van der Waals surface area contributed by atoms with Crippen molar-refractivity contribution in [3.8, 4) is 17.1 Å². The first kappa shape index (κ1) is 15.7. The van der Waals surface area contributed by atoms with Gasteiger partial charge in [-0.1, -0.05) is 29.3 Å². The molecule has 3 aromatic rings. The Morgan fingerprint density at radius 3 is 2.65 bits per heavy atom. The lowest BCUT2D eigenvalue weighted by Crippen LogP contribution is -1.78. The second-order valence-electron chi connectivity index (χ2n) is 5.08. The zero-order valence-corrected chi connectivity index (χ0v) is 13.8. The summed E-state index contributed by atoms with van der Waals surface area (Å²) in [4.78, 5) is 4.24. The predicted molar refractivity (Wildman–Crippen MR) is 94.3 cm³/mol. The van der Waals surface area contributed by atoms with Gasteiger partial charge < -0.3 is 9.52 Å². The fraction of sp³-hybridized carbons (Fsp3) is 0.0556. The number of phenolic OH excluding ortho intramolecular Hbond substituents is 1. The summed E-state index contributed by atoms with van der Waals surface area (Å²) in [6.07, 6.45) is 1.55. The van der Waals surface area contributed by atoms with E-state index in [0.29, 0.717) is 27.3 Å². The summed E-state index contributed by atoms with van der Waals surface area (Å²) in [7, 11) is 0. The highest BCUT2D eigenvalue weighted by molar-refractivity contribution is 6.35. The highest BCUT2D eigenvalue weighted by Gasteiger charge is 2.09. The molecule has 0 amide bonds. The van der Waals surface area contributed by atoms with Crippen molar-refractivity contribution in [2.75, 3.05) is 0 Å². The molecule has 0 radical (unpaired) electrons. The maximum atomic E-state index is 9.84. The van der Waals surface area contributed by atoms with Crippen LogP contribution in [0.5, 0.6) is 5.75 Å². The molecule has 0 unspecified atom stereocenters. The monoisotopic (exact) mass is 345 g/mol. The molecule has 0 saturated heterocycles. The molecule has 0 bridgehead atoms. The minimum Gasteiger partial charge on any atom is -0.506 e. The van der Waals surface area contributed by atoms with Gasteiger partial charge in [0.2, 0.25) is 0 Å². The maximum absolute atomic E-state index is 9.84. The highest BCUT2D eigenvalue weighted by atomic mass is 35.5. The maximum Gasteiger partial charge on any atom is 0.145 e. The Bertz CT molecular complexity index is 884. The average molecular weight is 346 g/mol. The molecule has 0 atom stereocenters. The smallest absolute Gasteiger partial charge is 0.145 e. The molecule has 0 fully saturated rings. The average Bonchev–Trinajstić information content (AvgIpc) is 2.97. The standard InChI is InChI=1S/C18H13Cl2NO2/c1-11-2-6-16(17(22)8-11)21-10-13-4-7-18(23-13)14-9-12(19)3-5-15(14)20/h2-10,22H,1H3. The van der Waals surface area contributed by atoms with Crippen LogP contribution in [0.3, 0.4) is 0 Å². The first-order chi connectivity index (χ1) is 11.0. The summed E-state index contributed by atoms with van der Waals surface area (Å²) in [5.74, 6) is 1.29. The lowest BCUT2D eigenvalue weighted by atomic mass is 10.2. The van der Waals surface area contributed by atoms with Gasteiger partial charge in [-0.2, -0.15) is 0 Å². The summed E-state index contributed by atoms with van der Waals surface area (Å²) < 4.78 is 5.72. The van der Waals surface area contributed by atoms with E-state index in [1.165, 1.54) is 0 Å². The minimum atomic E-state index is 0.130. The molecule has 0 aliphatic carbocycles. The van der Waals surface area contributed by atoms with Crippen molar-refractivity contribution in [1.29, 1.82) is 0 Å². The lowest BCUT2D eigenvalue weighted by molar-refractivity contribution is 0.476. The molecule has 1 N–H and O–H groups in total. The number of nitrogens with zero attached hydrogens (tertiary/aromatic N) is 1. The second kappa shape index (κ2) is 6.49. The Morgan fingerprint density at radius 2 is 1.87 bits per heavy atom. The molecule has 1 aromatic heterocycles. The Kier molecular flexibility index (Phi) is 4.42. The molecule has 2 aromatic carbocycles. The SMILES string of the molecule is Cc1ccc(N=Cc2ccc(-c3cc(Cl)ccc3Cl)o2)c(O)c1. The highest BCUT2D eigenvalue weighted by Crippen LogP contribution is 2.32. The quantitative estimate of drug-likeness (QED) is 0.590. The largest absolute Gasteiger partial charge is 0.506 e. The van der Waals surface area contributed by atoms with E-state index in [1.54, 1.807) is 48.7 Å².